The van der Waals surface area contributed by atoms with Gasteiger partial charge < -0.3 is 25.3 Å². The van der Waals surface area contributed by atoms with Crippen molar-refractivity contribution in [2.45, 2.75) is 50.6 Å². The van der Waals surface area contributed by atoms with E-state index in [1.165, 1.54) is 22.8 Å². The van der Waals surface area contributed by atoms with Crippen molar-refractivity contribution in [1.82, 2.24) is 30.0 Å². The molecule has 3 aromatic carbocycles. The number of sulfonamides is 1. The Morgan fingerprint density at radius 1 is 0.836 bits per heavy atom. The van der Waals surface area contributed by atoms with Gasteiger partial charge in [0.15, 0.2) is 5.82 Å². The first-order chi connectivity index (χ1) is 32.2. The second-order valence-corrected chi connectivity index (χ2v) is 20.2. The van der Waals surface area contributed by atoms with Crippen molar-refractivity contribution in [3.8, 4) is 0 Å². The van der Waals surface area contributed by atoms with Gasteiger partial charge in [0.05, 0.1) is 46.6 Å². The van der Waals surface area contributed by atoms with E-state index in [4.69, 9.17) is 11.6 Å². The summed E-state index contributed by atoms with van der Waals surface area (Å²) < 4.78 is 42.1. The van der Waals surface area contributed by atoms with Gasteiger partial charge in [-0.05, 0) is 80.1 Å². The van der Waals surface area contributed by atoms with Crippen LogP contribution in [0.5, 0.6) is 0 Å². The van der Waals surface area contributed by atoms with Gasteiger partial charge in [-0.25, -0.2) is 17.8 Å². The van der Waals surface area contributed by atoms with Crippen LogP contribution >= 0.6 is 11.6 Å². The van der Waals surface area contributed by atoms with E-state index in [0.29, 0.717) is 87.4 Å². The zero-order valence-electron chi connectivity index (χ0n) is 36.7. The second-order valence-electron chi connectivity index (χ2n) is 17.9. The number of piperidine rings is 2. The number of aromatic nitrogens is 2. The number of nitrogens with zero attached hydrogens (tertiary/aromatic N) is 8. The number of imide groups is 2. The third-order valence-corrected chi connectivity index (χ3v) is 15.3. The third-order valence-electron chi connectivity index (χ3n) is 13.8. The van der Waals surface area contributed by atoms with Gasteiger partial charge in [-0.2, -0.15) is 4.98 Å². The molecule has 6 aliphatic heterocycles. The number of benzene rings is 3. The molecule has 0 bridgehead atoms. The first-order valence-corrected chi connectivity index (χ1v) is 24.8. The molecule has 2 atom stereocenters. The summed E-state index contributed by atoms with van der Waals surface area (Å²) >= 11 is 6.46. The summed E-state index contributed by atoms with van der Waals surface area (Å²) in [5.41, 5.74) is 4.11. The van der Waals surface area contributed by atoms with Crippen molar-refractivity contribution in [2.75, 3.05) is 89.9 Å². The molecule has 4 saturated heterocycles. The summed E-state index contributed by atoms with van der Waals surface area (Å²) in [5.74, 6) is -2.22. The van der Waals surface area contributed by atoms with Crippen LogP contribution in [0.15, 0.2) is 60.8 Å². The lowest BCUT2D eigenvalue weighted by Gasteiger charge is -2.43. The van der Waals surface area contributed by atoms with E-state index in [-0.39, 0.29) is 58.4 Å². The first-order valence-electron chi connectivity index (χ1n) is 22.5. The fraction of sp³-hybridized carbons (Fsp3) is 0.413. The minimum absolute atomic E-state index is 0.0507. The average Bonchev–Trinajstić information content (AvgIpc) is 4.05. The lowest BCUT2D eigenvalue weighted by atomic mass is 10.0. The molecule has 0 spiro atoms. The summed E-state index contributed by atoms with van der Waals surface area (Å²) in [6.07, 6.45) is 5.69. The van der Waals surface area contributed by atoms with Gasteiger partial charge in [0.25, 0.3) is 11.8 Å². The highest BCUT2D eigenvalue weighted by atomic mass is 35.5. The molecular weight excluding hydrogens is 905 g/mol. The lowest BCUT2D eigenvalue weighted by molar-refractivity contribution is -0.137. The van der Waals surface area contributed by atoms with Crippen LogP contribution in [-0.2, 0) is 30.8 Å². The van der Waals surface area contributed by atoms with Crippen LogP contribution in [0.25, 0.3) is 0 Å². The minimum atomic E-state index is -3.50. The number of piperazine rings is 1. The number of hydrogen-bond acceptors (Lipinski definition) is 14. The molecule has 21 heteroatoms. The summed E-state index contributed by atoms with van der Waals surface area (Å²) in [4.78, 5) is 82.7. The van der Waals surface area contributed by atoms with Crippen LogP contribution in [0.1, 0.15) is 58.4 Å². The Kier molecular flexibility index (Phi) is 11.7. The maximum atomic E-state index is 15.7. The van der Waals surface area contributed by atoms with Crippen molar-refractivity contribution in [2.24, 2.45) is 5.92 Å². The molecule has 10 rings (SSSR count). The van der Waals surface area contributed by atoms with Gasteiger partial charge in [-0.1, -0.05) is 23.7 Å². The maximum absolute atomic E-state index is 15.7. The van der Waals surface area contributed by atoms with Gasteiger partial charge in [0.1, 0.15) is 16.9 Å². The van der Waals surface area contributed by atoms with Crippen LogP contribution in [0.3, 0.4) is 0 Å². The maximum Gasteiger partial charge on any atom is 0.262 e. The van der Waals surface area contributed by atoms with Gasteiger partial charge in [0.2, 0.25) is 33.7 Å². The molecule has 7 heterocycles. The molecule has 4 aromatic rings. The molecule has 0 saturated carbocycles. The van der Waals surface area contributed by atoms with E-state index in [9.17, 15) is 32.4 Å². The topological polar surface area (TPSA) is 201 Å². The molecule has 0 aliphatic carbocycles. The Labute approximate surface area is 391 Å². The second kappa shape index (κ2) is 17.7. The average molecular weight is 954 g/mol. The highest BCUT2D eigenvalue weighted by molar-refractivity contribution is 7.92. The molecule has 18 nitrogen and oxygen atoms in total. The Hall–Kier alpha value is -6.38. The predicted molar refractivity (Wildman–Crippen MR) is 249 cm³/mol. The van der Waals surface area contributed by atoms with Crippen LogP contribution in [0, 0.1) is 11.7 Å². The number of anilines is 7. The van der Waals surface area contributed by atoms with Crippen molar-refractivity contribution < 1.29 is 36.8 Å². The SMILES string of the molecule is CS(=O)(=O)N1CCc2cccc(Nc3nc(Nc4ccc(N5CCC(N6CCN(C(=O)[C@@H]7CCN(c8ccc9c(c8)C(=O)N(C8CCC(=O)NC8=O)C9=O)C7)CC6)CC5)c(F)c4)ncc3Cl)c21. The molecule has 6 aliphatic rings. The fourth-order valence-corrected chi connectivity index (χ4v) is 11.5. The molecule has 1 unspecified atom stereocenters. The van der Waals surface area contributed by atoms with Crippen LogP contribution < -0.4 is 30.1 Å². The lowest BCUT2D eigenvalue weighted by Crippen LogP contribution is -2.55. The number of fused-ring (bicyclic) bond motifs is 2. The van der Waals surface area contributed by atoms with Gasteiger partial charge >= 0.3 is 0 Å². The van der Waals surface area contributed by atoms with E-state index in [1.54, 1.807) is 36.4 Å². The largest absolute Gasteiger partial charge is 0.371 e. The van der Waals surface area contributed by atoms with E-state index in [0.717, 1.165) is 42.1 Å². The highest BCUT2D eigenvalue weighted by Crippen LogP contribution is 2.40. The molecular formula is C46H49ClFN11O7S. The number of hydrogen-bond donors (Lipinski definition) is 3. The predicted octanol–water partition coefficient (Wildman–Crippen LogP) is 4.12. The molecule has 350 valence electrons. The van der Waals surface area contributed by atoms with Crippen LogP contribution in [0.4, 0.5) is 44.6 Å². The third kappa shape index (κ3) is 8.61. The molecule has 5 amide bonds. The Morgan fingerprint density at radius 3 is 2.34 bits per heavy atom. The van der Waals surface area contributed by atoms with Crippen molar-refractivity contribution in [3.05, 3.63) is 88.3 Å². The van der Waals surface area contributed by atoms with Gasteiger partial charge in [-0.15, -0.1) is 0 Å². The molecule has 4 fully saturated rings. The van der Waals surface area contributed by atoms with E-state index in [2.05, 4.69) is 40.6 Å². The van der Waals surface area contributed by atoms with Crippen molar-refractivity contribution in [3.63, 3.8) is 0 Å². The summed E-state index contributed by atoms with van der Waals surface area (Å²) in [6, 6.07) is 14.8. The highest BCUT2D eigenvalue weighted by Gasteiger charge is 2.45. The summed E-state index contributed by atoms with van der Waals surface area (Å²) in [7, 11) is -3.50. The van der Waals surface area contributed by atoms with Crippen LogP contribution in [0.2, 0.25) is 5.02 Å². The van der Waals surface area contributed by atoms with Gasteiger partial charge in [0, 0.05) is 82.7 Å². The molecule has 3 N–H and O–H groups in total. The zero-order valence-corrected chi connectivity index (χ0v) is 38.3. The number of halogens is 2. The molecule has 0 radical (unpaired) electrons. The number of nitrogens with one attached hydrogen (secondary N) is 3. The Bertz CT molecular complexity index is 2820. The Balaban J connectivity index is 0.696. The standard InChI is InChI=1S/C46H49ClFN11O7S/c1-67(65,66)58-18-12-27-3-2-4-36(40(27)58)51-41-34(47)25-49-46(53-41)50-29-5-8-37(35(48)23-29)55-16-13-30(14-17-55)54-19-21-56(22-20-54)43(62)28-11-15-57(26-28)31-6-7-32-33(24-31)45(64)59(44(32)63)38-9-10-39(60)52-42(38)61/h2-8,23-25,28,30,38H,9-22,26H2,1H3,(H,52,60,61)(H2,49,50,51,53)/t28-,38?/m1/s1. The summed E-state index contributed by atoms with van der Waals surface area (Å²) in [6.45, 7) is 5.56. The summed E-state index contributed by atoms with van der Waals surface area (Å²) in [5, 5.41) is 8.68. The van der Waals surface area contributed by atoms with Crippen molar-refractivity contribution in [1.29, 1.82) is 0 Å². The quantitative estimate of drug-likeness (QED) is 0.192. The smallest absolute Gasteiger partial charge is 0.262 e. The molecule has 67 heavy (non-hydrogen) atoms. The molecule has 1 aromatic heterocycles. The number of carbonyl (C=O) groups is 5. The zero-order chi connectivity index (χ0) is 46.7. The normalized spacial score (nSPS) is 21.5. The number of carbonyl (C=O) groups excluding carboxylic acids is 5. The fourth-order valence-electron chi connectivity index (χ4n) is 10.4. The first kappa shape index (κ1) is 44.5. The Morgan fingerprint density at radius 2 is 1.60 bits per heavy atom. The van der Waals surface area contributed by atoms with Crippen molar-refractivity contribution >= 4 is 91.4 Å². The number of para-hydroxylation sites is 1. The van der Waals surface area contributed by atoms with E-state index < -0.39 is 39.7 Å². The van der Waals surface area contributed by atoms with E-state index >= 15 is 4.39 Å². The van der Waals surface area contributed by atoms with E-state index in [1.807, 2.05) is 17.0 Å². The van der Waals surface area contributed by atoms with Crippen LogP contribution in [-0.4, -0.2) is 140 Å². The van der Waals surface area contributed by atoms with Gasteiger partial charge in [-0.3, -0.25) is 43.4 Å². The minimum Gasteiger partial charge on any atom is -0.371 e. The number of rotatable bonds is 10. The number of amides is 5. The monoisotopic (exact) mass is 953 g/mol.